The molecule has 0 saturated heterocycles. The van der Waals surface area contributed by atoms with Gasteiger partial charge in [0.2, 0.25) is 15.3 Å². The number of benzene rings is 2. The first-order valence-electron chi connectivity index (χ1n) is 6.63. The quantitative estimate of drug-likeness (QED) is 0.788. The second kappa shape index (κ2) is 6.60. The minimum atomic E-state index is -3.82. The van der Waals surface area contributed by atoms with E-state index < -0.39 is 21.3 Å². The lowest BCUT2D eigenvalue weighted by atomic mass is 10.1. The normalized spacial score (nSPS) is 13.1. The third-order valence-electron chi connectivity index (χ3n) is 3.39. The van der Waals surface area contributed by atoms with E-state index >= 15 is 0 Å². The number of nitrogens with zero attached hydrogens (tertiary/aromatic N) is 1. The summed E-state index contributed by atoms with van der Waals surface area (Å²) in [4.78, 5) is 11.9. The Bertz CT molecular complexity index is 758. The summed E-state index contributed by atoms with van der Waals surface area (Å²) in [5.74, 6) is 0. The first-order valence-corrected chi connectivity index (χ1v) is 8.45. The molecule has 0 aliphatic rings. The molecule has 2 aromatic carbocycles. The van der Waals surface area contributed by atoms with Crippen LogP contribution in [0.5, 0.6) is 0 Å². The molecule has 0 aliphatic heterocycles. The Hall–Kier alpha value is -1.69. The van der Waals surface area contributed by atoms with E-state index in [2.05, 4.69) is 0 Å². The fourth-order valence-corrected chi connectivity index (χ4v) is 3.77. The molecule has 1 atom stereocenters. The highest BCUT2D eigenvalue weighted by molar-refractivity contribution is 7.89. The number of halogens is 1. The van der Waals surface area contributed by atoms with Gasteiger partial charge in [0.25, 0.3) is 0 Å². The predicted molar refractivity (Wildman–Crippen MR) is 86.2 cm³/mol. The summed E-state index contributed by atoms with van der Waals surface area (Å²) in [6, 6.07) is 14.0. The summed E-state index contributed by atoms with van der Waals surface area (Å²) in [6.45, 7) is 1.87. The Kier molecular flexibility index (Phi) is 5.01. The van der Waals surface area contributed by atoms with Crippen molar-refractivity contribution in [1.29, 1.82) is 0 Å². The van der Waals surface area contributed by atoms with Crippen LogP contribution in [0.15, 0.2) is 59.5 Å². The number of carbonyl (C=O) groups is 1. The van der Waals surface area contributed by atoms with Gasteiger partial charge < -0.3 is 0 Å². The minimum Gasteiger partial charge on any atom is -0.279 e. The Morgan fingerprint density at radius 2 is 1.59 bits per heavy atom. The standard InChI is InChI=1S/C16H16ClNO3S/c1-12-8-10-14(11-9-12)22(20,21)18(2)15(16(17)19)13-6-4-3-5-7-13/h3-11,15H,1-2H3/t15-/m1/s1. The molecule has 0 N–H and O–H groups in total. The third-order valence-corrected chi connectivity index (χ3v) is 5.44. The van der Waals surface area contributed by atoms with Crippen molar-refractivity contribution in [2.45, 2.75) is 17.9 Å². The highest BCUT2D eigenvalue weighted by Gasteiger charge is 2.33. The Morgan fingerprint density at radius 1 is 1.05 bits per heavy atom. The smallest absolute Gasteiger partial charge is 0.244 e. The van der Waals surface area contributed by atoms with Gasteiger partial charge in [0.15, 0.2) is 0 Å². The van der Waals surface area contributed by atoms with Crippen LogP contribution in [0.2, 0.25) is 0 Å². The number of carbonyl (C=O) groups excluding carboxylic acids is 1. The topological polar surface area (TPSA) is 54.5 Å². The number of hydrogen-bond donors (Lipinski definition) is 0. The zero-order chi connectivity index (χ0) is 16.3. The maximum Gasteiger partial charge on any atom is 0.244 e. The number of likely N-dealkylation sites (N-methyl/N-ethyl adjacent to an activating group) is 1. The Labute approximate surface area is 135 Å². The Balaban J connectivity index is 2.44. The zero-order valence-corrected chi connectivity index (χ0v) is 13.8. The summed E-state index contributed by atoms with van der Waals surface area (Å²) in [5, 5.41) is -0.746. The van der Waals surface area contributed by atoms with Crippen molar-refractivity contribution in [3.8, 4) is 0 Å². The Morgan fingerprint density at radius 3 is 2.09 bits per heavy atom. The van der Waals surface area contributed by atoms with Gasteiger partial charge in [-0.1, -0.05) is 48.0 Å². The molecule has 0 aliphatic carbocycles. The predicted octanol–water partition coefficient (Wildman–Crippen LogP) is 3.12. The molecule has 0 saturated carbocycles. The molecule has 0 unspecified atom stereocenters. The molecule has 0 amide bonds. The zero-order valence-electron chi connectivity index (χ0n) is 12.2. The van der Waals surface area contributed by atoms with Crippen molar-refractivity contribution in [3.05, 3.63) is 65.7 Å². The third kappa shape index (κ3) is 3.38. The van der Waals surface area contributed by atoms with Crippen molar-refractivity contribution in [2.75, 3.05) is 7.05 Å². The summed E-state index contributed by atoms with van der Waals surface area (Å²) < 4.78 is 26.4. The summed E-state index contributed by atoms with van der Waals surface area (Å²) in [6.07, 6.45) is 0. The van der Waals surface area contributed by atoms with E-state index in [1.807, 2.05) is 6.92 Å². The van der Waals surface area contributed by atoms with Crippen LogP contribution in [-0.2, 0) is 14.8 Å². The van der Waals surface area contributed by atoms with Gasteiger partial charge in [-0.15, -0.1) is 0 Å². The van der Waals surface area contributed by atoms with Crippen LogP contribution in [0, 0.1) is 6.92 Å². The number of sulfonamides is 1. The number of aryl methyl sites for hydroxylation is 1. The van der Waals surface area contributed by atoms with E-state index in [0.717, 1.165) is 9.87 Å². The molecule has 0 heterocycles. The van der Waals surface area contributed by atoms with Crippen molar-refractivity contribution in [3.63, 3.8) is 0 Å². The molecule has 0 bridgehead atoms. The number of hydrogen-bond acceptors (Lipinski definition) is 3. The molecule has 22 heavy (non-hydrogen) atoms. The van der Waals surface area contributed by atoms with Gasteiger partial charge in [0.05, 0.1) is 4.90 Å². The van der Waals surface area contributed by atoms with Gasteiger partial charge >= 0.3 is 0 Å². The molecule has 2 rings (SSSR count). The van der Waals surface area contributed by atoms with Crippen LogP contribution in [-0.4, -0.2) is 25.0 Å². The maximum atomic E-state index is 12.7. The SMILES string of the molecule is Cc1ccc(S(=O)(=O)N(C)[C@@H](C(=O)Cl)c2ccccc2)cc1. The van der Waals surface area contributed by atoms with Gasteiger partial charge in [0.1, 0.15) is 6.04 Å². The largest absolute Gasteiger partial charge is 0.279 e. The van der Waals surface area contributed by atoms with E-state index in [9.17, 15) is 13.2 Å². The number of rotatable bonds is 5. The van der Waals surface area contributed by atoms with Crippen molar-refractivity contribution >= 4 is 26.9 Å². The summed E-state index contributed by atoms with van der Waals surface area (Å²) in [7, 11) is -2.47. The molecular formula is C16H16ClNO3S. The fourth-order valence-electron chi connectivity index (χ4n) is 2.13. The van der Waals surface area contributed by atoms with Crippen LogP contribution in [0.25, 0.3) is 0 Å². The van der Waals surface area contributed by atoms with Gasteiger partial charge in [0, 0.05) is 7.05 Å². The van der Waals surface area contributed by atoms with E-state index in [0.29, 0.717) is 5.56 Å². The van der Waals surface area contributed by atoms with Gasteiger partial charge in [-0.05, 0) is 36.2 Å². The average molecular weight is 338 g/mol. The van der Waals surface area contributed by atoms with Crippen molar-refractivity contribution < 1.29 is 13.2 Å². The maximum absolute atomic E-state index is 12.7. The van der Waals surface area contributed by atoms with Gasteiger partial charge in [-0.25, -0.2) is 8.42 Å². The lowest BCUT2D eigenvalue weighted by molar-refractivity contribution is -0.114. The van der Waals surface area contributed by atoms with Crippen LogP contribution >= 0.6 is 11.6 Å². The van der Waals surface area contributed by atoms with Crippen LogP contribution in [0.4, 0.5) is 0 Å². The van der Waals surface area contributed by atoms with Crippen LogP contribution < -0.4 is 0 Å². The van der Waals surface area contributed by atoms with E-state index in [-0.39, 0.29) is 4.90 Å². The second-order valence-electron chi connectivity index (χ2n) is 4.95. The van der Waals surface area contributed by atoms with Crippen LogP contribution in [0.3, 0.4) is 0 Å². The highest BCUT2D eigenvalue weighted by atomic mass is 35.5. The van der Waals surface area contributed by atoms with Crippen LogP contribution in [0.1, 0.15) is 17.2 Å². The fraction of sp³-hybridized carbons (Fsp3) is 0.188. The lowest BCUT2D eigenvalue weighted by Gasteiger charge is -2.25. The first-order chi connectivity index (χ1) is 10.3. The van der Waals surface area contributed by atoms with E-state index in [1.54, 1.807) is 42.5 Å². The molecule has 0 spiro atoms. The molecule has 0 aromatic heterocycles. The minimum absolute atomic E-state index is 0.124. The molecule has 4 nitrogen and oxygen atoms in total. The molecule has 0 fully saturated rings. The van der Waals surface area contributed by atoms with E-state index in [1.165, 1.54) is 19.2 Å². The van der Waals surface area contributed by atoms with Crippen molar-refractivity contribution in [1.82, 2.24) is 4.31 Å². The molecular weight excluding hydrogens is 322 g/mol. The van der Waals surface area contributed by atoms with Gasteiger partial charge in [-0.2, -0.15) is 4.31 Å². The first kappa shape index (κ1) is 16.7. The molecule has 0 radical (unpaired) electrons. The van der Waals surface area contributed by atoms with Gasteiger partial charge in [-0.3, -0.25) is 4.79 Å². The van der Waals surface area contributed by atoms with Crippen molar-refractivity contribution in [2.24, 2.45) is 0 Å². The summed E-state index contributed by atoms with van der Waals surface area (Å²) in [5.41, 5.74) is 1.48. The second-order valence-corrected chi connectivity index (χ2v) is 7.32. The molecule has 2 aromatic rings. The summed E-state index contributed by atoms with van der Waals surface area (Å²) >= 11 is 5.65. The average Bonchev–Trinajstić information content (AvgIpc) is 2.48. The monoisotopic (exact) mass is 337 g/mol. The lowest BCUT2D eigenvalue weighted by Crippen LogP contribution is -2.34. The molecule has 116 valence electrons. The highest BCUT2D eigenvalue weighted by Crippen LogP contribution is 2.28. The van der Waals surface area contributed by atoms with E-state index in [4.69, 9.17) is 11.6 Å². The molecule has 6 heteroatoms.